The molecule has 0 aliphatic heterocycles. The molecule has 0 saturated heterocycles. The third-order valence-electron chi connectivity index (χ3n) is 12.4. The Morgan fingerprint density at radius 2 is 0.831 bits per heavy atom. The minimum absolute atomic E-state index is 0.710. The molecule has 0 N–H and O–H groups in total. The monoisotopic (exact) mass is 764 g/mol. The Morgan fingerprint density at radius 1 is 0.305 bits per heavy atom. The molecule has 2 heterocycles. The summed E-state index contributed by atoms with van der Waals surface area (Å²) in [6.45, 7) is 0. The highest BCUT2D eigenvalue weighted by molar-refractivity contribution is 7.26. The Labute approximate surface area is 343 Å². The van der Waals surface area contributed by atoms with Crippen molar-refractivity contribution in [2.24, 2.45) is 0 Å². The highest BCUT2D eigenvalue weighted by Crippen LogP contribution is 2.45. The van der Waals surface area contributed by atoms with Gasteiger partial charge in [0, 0.05) is 36.9 Å². The van der Waals surface area contributed by atoms with Gasteiger partial charge in [-0.1, -0.05) is 170 Å². The molecule has 0 atom stereocenters. The molecule has 272 valence electrons. The van der Waals surface area contributed by atoms with E-state index >= 15 is 0 Å². The van der Waals surface area contributed by atoms with Gasteiger partial charge in [-0.25, -0.2) is 9.97 Å². The van der Waals surface area contributed by atoms with Crippen LogP contribution in [0, 0.1) is 0 Å². The highest BCUT2D eigenvalue weighted by atomic mass is 32.1. The van der Waals surface area contributed by atoms with Crippen LogP contribution in [0.1, 0.15) is 0 Å². The zero-order chi connectivity index (χ0) is 38.6. The lowest BCUT2D eigenvalue weighted by Crippen LogP contribution is -1.96. The molecule has 2 nitrogen and oxygen atoms in total. The first-order valence-electron chi connectivity index (χ1n) is 20.1. The van der Waals surface area contributed by atoms with E-state index < -0.39 is 0 Å². The van der Waals surface area contributed by atoms with Crippen molar-refractivity contribution in [3.8, 4) is 45.0 Å². The first kappa shape index (κ1) is 32.6. The van der Waals surface area contributed by atoms with E-state index in [2.05, 4.69) is 188 Å². The molecule has 0 amide bonds. The van der Waals surface area contributed by atoms with Crippen molar-refractivity contribution in [1.29, 1.82) is 0 Å². The zero-order valence-electron chi connectivity index (χ0n) is 31.8. The van der Waals surface area contributed by atoms with E-state index in [-0.39, 0.29) is 0 Å². The number of hydrogen-bond donors (Lipinski definition) is 0. The summed E-state index contributed by atoms with van der Waals surface area (Å²) in [5.41, 5.74) is 7.35. The van der Waals surface area contributed by atoms with Crippen molar-refractivity contribution in [1.82, 2.24) is 9.97 Å². The molecule has 0 aliphatic carbocycles. The van der Waals surface area contributed by atoms with Gasteiger partial charge in [-0.15, -0.1) is 11.3 Å². The Hall–Kier alpha value is -7.46. The molecule has 0 radical (unpaired) electrons. The van der Waals surface area contributed by atoms with Crippen molar-refractivity contribution in [3.63, 3.8) is 0 Å². The number of fused-ring (bicyclic) bond motifs is 5. The fourth-order valence-corrected chi connectivity index (χ4v) is 10.9. The van der Waals surface area contributed by atoms with E-state index in [1.54, 1.807) is 0 Å². The largest absolute Gasteiger partial charge is 0.228 e. The van der Waals surface area contributed by atoms with E-state index in [9.17, 15) is 0 Å². The molecule has 59 heavy (non-hydrogen) atoms. The topological polar surface area (TPSA) is 25.8 Å². The first-order chi connectivity index (χ1) is 29.2. The van der Waals surface area contributed by atoms with Gasteiger partial charge < -0.3 is 0 Å². The molecule has 0 spiro atoms. The molecule has 11 aromatic carbocycles. The molecule has 13 rings (SSSR count). The van der Waals surface area contributed by atoms with Crippen LogP contribution in [0.4, 0.5) is 0 Å². The summed E-state index contributed by atoms with van der Waals surface area (Å²) in [5.74, 6) is 0.710. The molecule has 0 aliphatic rings. The maximum Gasteiger partial charge on any atom is 0.160 e. The molecule has 0 unspecified atom stereocenters. The normalized spacial score (nSPS) is 12.1. The standard InChI is InChI=1S/C56H32N2S/c1-2-10-38(11-3-1)56-57-48(34-24-22-33(23-25-34)41-16-9-20-46-42-15-4-5-21-50(42)59-55(41)46)32-49(58-56)40-30-39-29-28-37-13-7-18-44-43-17-6-12-35-26-27-36-14-8-19-45(53(36)51(35)43)47(31-40)54(39)52(37)44/h1-32H. The Bertz CT molecular complexity index is 3820. The summed E-state index contributed by atoms with van der Waals surface area (Å²) in [6, 6.07) is 70.9. The fourth-order valence-electron chi connectivity index (χ4n) is 9.69. The average Bonchev–Trinajstić information content (AvgIpc) is 3.69. The second kappa shape index (κ2) is 12.5. The van der Waals surface area contributed by atoms with Gasteiger partial charge in [0.25, 0.3) is 0 Å². The van der Waals surface area contributed by atoms with Gasteiger partial charge in [-0.2, -0.15) is 0 Å². The lowest BCUT2D eigenvalue weighted by molar-refractivity contribution is 1.18. The van der Waals surface area contributed by atoms with E-state index in [0.717, 1.165) is 28.1 Å². The summed E-state index contributed by atoms with van der Waals surface area (Å²) in [7, 11) is 0. The molecule has 3 heteroatoms. The number of rotatable bonds is 4. The lowest BCUT2D eigenvalue weighted by atomic mass is 9.87. The molecule has 13 aromatic rings. The molecular formula is C56H32N2S. The number of thiophene rings is 1. The Morgan fingerprint density at radius 3 is 1.53 bits per heavy atom. The van der Waals surface area contributed by atoms with Crippen molar-refractivity contribution < 1.29 is 0 Å². The summed E-state index contributed by atoms with van der Waals surface area (Å²) in [4.78, 5) is 10.6. The second-order valence-corrected chi connectivity index (χ2v) is 16.7. The minimum atomic E-state index is 0.710. The van der Waals surface area contributed by atoms with Crippen LogP contribution in [0.25, 0.3) is 130 Å². The van der Waals surface area contributed by atoms with Crippen LogP contribution in [-0.4, -0.2) is 9.97 Å². The predicted molar refractivity (Wildman–Crippen MR) is 253 cm³/mol. The van der Waals surface area contributed by atoms with Crippen molar-refractivity contribution >= 4 is 96.1 Å². The van der Waals surface area contributed by atoms with Gasteiger partial charge in [0.15, 0.2) is 5.82 Å². The maximum atomic E-state index is 5.34. The van der Waals surface area contributed by atoms with E-state index in [4.69, 9.17) is 9.97 Å². The minimum Gasteiger partial charge on any atom is -0.228 e. The lowest BCUT2D eigenvalue weighted by Gasteiger charge is -2.17. The van der Waals surface area contributed by atoms with Gasteiger partial charge in [-0.3, -0.25) is 0 Å². The van der Waals surface area contributed by atoms with E-state index in [0.29, 0.717) is 5.82 Å². The highest BCUT2D eigenvalue weighted by Gasteiger charge is 2.18. The van der Waals surface area contributed by atoms with Crippen LogP contribution in [-0.2, 0) is 0 Å². The SMILES string of the molecule is c1ccc(-c2nc(-c3ccc(-c4cccc5c4sc4ccccc45)cc3)cc(-c3cc4ccc5cccc6c7cccc8ccc9cccc(c(c3)c4c56)c9c87)n2)cc1. The molecule has 0 bridgehead atoms. The van der Waals surface area contributed by atoms with Gasteiger partial charge in [-0.05, 0) is 100 Å². The maximum absolute atomic E-state index is 5.34. The molecule has 0 fully saturated rings. The van der Waals surface area contributed by atoms with E-state index in [1.807, 2.05) is 17.4 Å². The number of nitrogens with zero attached hydrogens (tertiary/aromatic N) is 2. The van der Waals surface area contributed by atoms with Gasteiger partial charge in [0.1, 0.15) is 0 Å². The van der Waals surface area contributed by atoms with Gasteiger partial charge >= 0.3 is 0 Å². The zero-order valence-corrected chi connectivity index (χ0v) is 32.6. The summed E-state index contributed by atoms with van der Waals surface area (Å²) >= 11 is 1.87. The number of benzene rings is 10. The third kappa shape index (κ3) is 4.92. The van der Waals surface area contributed by atoms with Crippen LogP contribution in [0.2, 0.25) is 0 Å². The van der Waals surface area contributed by atoms with Crippen LogP contribution in [0.15, 0.2) is 194 Å². The summed E-state index contributed by atoms with van der Waals surface area (Å²) < 4.78 is 2.63. The predicted octanol–water partition coefficient (Wildman–Crippen LogP) is 15.9. The van der Waals surface area contributed by atoms with E-state index in [1.165, 1.54) is 95.9 Å². The third-order valence-corrected chi connectivity index (χ3v) is 13.6. The van der Waals surface area contributed by atoms with Crippen LogP contribution in [0.3, 0.4) is 0 Å². The van der Waals surface area contributed by atoms with Crippen LogP contribution < -0.4 is 0 Å². The van der Waals surface area contributed by atoms with Gasteiger partial charge in [0.2, 0.25) is 0 Å². The summed E-state index contributed by atoms with van der Waals surface area (Å²) in [5, 5.41) is 17.8. The molecule has 2 aromatic heterocycles. The van der Waals surface area contributed by atoms with Crippen molar-refractivity contribution in [3.05, 3.63) is 194 Å². The second-order valence-electron chi connectivity index (χ2n) is 15.6. The molecular weight excluding hydrogens is 733 g/mol. The Kier molecular flexibility index (Phi) is 6.92. The van der Waals surface area contributed by atoms with Crippen LogP contribution in [0.5, 0.6) is 0 Å². The smallest absolute Gasteiger partial charge is 0.160 e. The fraction of sp³-hybridized carbons (Fsp3) is 0. The van der Waals surface area contributed by atoms with Crippen molar-refractivity contribution in [2.75, 3.05) is 0 Å². The molecule has 0 saturated carbocycles. The first-order valence-corrected chi connectivity index (χ1v) is 21.0. The number of aromatic nitrogens is 2. The van der Waals surface area contributed by atoms with Crippen LogP contribution >= 0.6 is 11.3 Å². The average molecular weight is 765 g/mol. The van der Waals surface area contributed by atoms with Gasteiger partial charge in [0.05, 0.1) is 11.4 Å². The van der Waals surface area contributed by atoms with Crippen molar-refractivity contribution in [2.45, 2.75) is 0 Å². The summed E-state index contributed by atoms with van der Waals surface area (Å²) in [6.07, 6.45) is 0. The Balaban J connectivity index is 1.05. The number of hydrogen-bond acceptors (Lipinski definition) is 3. The quantitative estimate of drug-likeness (QED) is 0.167.